The number of hydrogen-bond donors (Lipinski definition) is 1. The molecule has 7 aromatic rings. The second-order valence-electron chi connectivity index (χ2n) is 15.2. The Kier molecular flexibility index (Phi) is 12.6. The standard InChI is InChI=1S/C29H27Cl2FN6O3.C14H9Cl3N4O/c1-15-28(35-27(31)25(33-15)26(39)18-9-10-20-19(23(18)30)13-37(2)36-20)38-17-8-11-22(38)24(32)21(12-17)34-29(40)41-14-16-6-4-3-5-7-16;1-6-13(16)19-14(17)11(18-6)12(22)7-3-4-9-8(10(7)15)5-21(2)20-9/h3-7,9-10,13,17,21-22,24H,8,11-12,14H2,1-2H3,(H,34,40);3-5H,1-2H3/t17-,21-,22+,24-;/m0./s1. The summed E-state index contributed by atoms with van der Waals surface area (Å²) < 4.78 is 24.3. The Labute approximate surface area is 384 Å². The summed E-state index contributed by atoms with van der Waals surface area (Å²) in [4.78, 5) is 57.5. The number of aromatic nitrogens is 8. The van der Waals surface area contributed by atoms with Gasteiger partial charge in [0, 0.05) is 54.4 Å². The maximum absolute atomic E-state index is 15.8. The van der Waals surface area contributed by atoms with Gasteiger partial charge in [0.05, 0.1) is 44.6 Å². The van der Waals surface area contributed by atoms with Crippen LogP contribution in [0.5, 0.6) is 0 Å². The van der Waals surface area contributed by atoms with Crippen molar-refractivity contribution >= 4 is 103 Å². The molecule has 2 fully saturated rings. The van der Waals surface area contributed by atoms with Crippen molar-refractivity contribution in [2.24, 2.45) is 14.1 Å². The van der Waals surface area contributed by atoms with E-state index in [1.165, 1.54) is 0 Å². The van der Waals surface area contributed by atoms with Crippen molar-refractivity contribution < 1.29 is 23.5 Å². The Morgan fingerprint density at radius 1 is 0.730 bits per heavy atom. The maximum Gasteiger partial charge on any atom is 0.407 e. The van der Waals surface area contributed by atoms with Gasteiger partial charge in [-0.15, -0.1) is 0 Å². The maximum atomic E-state index is 15.8. The van der Waals surface area contributed by atoms with Gasteiger partial charge in [-0.05, 0) is 62.9 Å². The molecule has 2 aliphatic heterocycles. The summed E-state index contributed by atoms with van der Waals surface area (Å²) >= 11 is 31.2. The first-order valence-electron chi connectivity index (χ1n) is 19.6. The quantitative estimate of drug-likeness (QED) is 0.144. The molecular weight excluding hydrogens is 917 g/mol. The normalized spacial score (nSPS) is 18.0. The summed E-state index contributed by atoms with van der Waals surface area (Å²) in [6.07, 6.45) is 3.16. The van der Waals surface area contributed by atoms with Crippen LogP contribution >= 0.6 is 58.0 Å². The number of fused-ring (bicyclic) bond motifs is 4. The van der Waals surface area contributed by atoms with Crippen molar-refractivity contribution in [3.63, 3.8) is 0 Å². The van der Waals surface area contributed by atoms with Crippen molar-refractivity contribution in [1.29, 1.82) is 0 Å². The average Bonchev–Trinajstić information content (AvgIpc) is 3.95. The number of benzene rings is 3. The predicted octanol–water partition coefficient (Wildman–Crippen LogP) is 9.45. The molecule has 1 N–H and O–H groups in total. The summed E-state index contributed by atoms with van der Waals surface area (Å²) in [5.41, 5.74) is 3.62. The third kappa shape index (κ3) is 8.77. The van der Waals surface area contributed by atoms with E-state index < -0.39 is 35.9 Å². The van der Waals surface area contributed by atoms with Crippen LogP contribution in [0.1, 0.15) is 68.3 Å². The number of carbonyl (C=O) groups is 3. The molecule has 3 aromatic carbocycles. The third-order valence-electron chi connectivity index (χ3n) is 11.0. The van der Waals surface area contributed by atoms with Gasteiger partial charge in [-0.25, -0.2) is 29.1 Å². The fraction of sp³-hybridized carbons (Fsp3) is 0.279. The van der Waals surface area contributed by atoms with Crippen LogP contribution < -0.4 is 10.2 Å². The second-order valence-corrected chi connectivity index (χ2v) is 17.0. The zero-order valence-electron chi connectivity index (χ0n) is 33.9. The summed E-state index contributed by atoms with van der Waals surface area (Å²) in [5.74, 6) is -0.440. The Bertz CT molecular complexity index is 2950. The molecule has 4 atom stereocenters. The Balaban J connectivity index is 0.000000208. The molecule has 2 saturated heterocycles. The van der Waals surface area contributed by atoms with E-state index >= 15 is 4.39 Å². The van der Waals surface area contributed by atoms with Crippen LogP contribution in [0, 0.1) is 13.8 Å². The number of nitrogens with zero attached hydrogens (tertiary/aromatic N) is 9. The monoisotopic (exact) mass is 950 g/mol. The molecule has 324 valence electrons. The lowest BCUT2D eigenvalue weighted by Gasteiger charge is -2.42. The molecular formula is C43H36Cl5FN10O4. The van der Waals surface area contributed by atoms with E-state index in [0.29, 0.717) is 62.4 Å². The lowest BCUT2D eigenvalue weighted by atomic mass is 9.95. The molecule has 6 heterocycles. The molecule has 0 spiro atoms. The molecule has 2 bridgehead atoms. The molecule has 2 aliphatic rings. The number of alkyl halides is 1. The van der Waals surface area contributed by atoms with Gasteiger partial charge in [0.25, 0.3) is 0 Å². The van der Waals surface area contributed by atoms with Gasteiger partial charge in [-0.2, -0.15) is 10.2 Å². The van der Waals surface area contributed by atoms with E-state index in [4.69, 9.17) is 62.7 Å². The van der Waals surface area contributed by atoms with E-state index in [1.54, 1.807) is 74.0 Å². The van der Waals surface area contributed by atoms with Crippen molar-refractivity contribution in [3.8, 4) is 0 Å². The number of alkyl carbamates (subject to hydrolysis) is 1. The molecule has 0 saturated carbocycles. The molecule has 4 aromatic heterocycles. The van der Waals surface area contributed by atoms with Crippen LogP contribution in [0.3, 0.4) is 0 Å². The number of aryl methyl sites for hydroxylation is 4. The molecule has 20 heteroatoms. The summed E-state index contributed by atoms with van der Waals surface area (Å²) in [6, 6.07) is 14.6. The third-order valence-corrected chi connectivity index (χ3v) is 12.7. The van der Waals surface area contributed by atoms with Gasteiger partial charge in [0.2, 0.25) is 11.6 Å². The van der Waals surface area contributed by atoms with E-state index in [-0.39, 0.29) is 50.1 Å². The van der Waals surface area contributed by atoms with E-state index in [2.05, 4.69) is 35.5 Å². The summed E-state index contributed by atoms with van der Waals surface area (Å²) in [7, 11) is 3.55. The van der Waals surface area contributed by atoms with Crippen molar-refractivity contribution in [2.45, 2.75) is 64.0 Å². The molecule has 63 heavy (non-hydrogen) atoms. The smallest absolute Gasteiger partial charge is 0.407 e. The first kappa shape index (κ1) is 44.2. The summed E-state index contributed by atoms with van der Waals surface area (Å²) in [6.45, 7) is 3.47. The number of piperidine rings is 1. The van der Waals surface area contributed by atoms with E-state index in [9.17, 15) is 14.4 Å². The second kappa shape index (κ2) is 18.0. The number of rotatable bonds is 8. The lowest BCUT2D eigenvalue weighted by Crippen LogP contribution is -2.58. The highest BCUT2D eigenvalue weighted by atomic mass is 35.5. The van der Waals surface area contributed by atoms with Crippen molar-refractivity contribution in [2.75, 3.05) is 4.90 Å². The average molecular weight is 953 g/mol. The Hall–Kier alpha value is -5.45. The van der Waals surface area contributed by atoms with Crippen LogP contribution in [0.15, 0.2) is 67.0 Å². The first-order valence-corrected chi connectivity index (χ1v) is 21.4. The molecule has 0 unspecified atom stereocenters. The van der Waals surface area contributed by atoms with Crippen LogP contribution in [0.25, 0.3) is 21.8 Å². The number of hydrogen-bond acceptors (Lipinski definition) is 11. The largest absolute Gasteiger partial charge is 0.445 e. The first-order chi connectivity index (χ1) is 30.1. The predicted molar refractivity (Wildman–Crippen MR) is 239 cm³/mol. The highest BCUT2D eigenvalue weighted by Crippen LogP contribution is 2.42. The minimum absolute atomic E-state index is 0.0220. The zero-order valence-corrected chi connectivity index (χ0v) is 37.7. The minimum atomic E-state index is -1.36. The van der Waals surface area contributed by atoms with Gasteiger partial charge in [0.1, 0.15) is 24.2 Å². The number of nitrogens with one attached hydrogen (secondary N) is 1. The molecule has 9 rings (SSSR count). The number of amides is 1. The van der Waals surface area contributed by atoms with Gasteiger partial charge in [0.15, 0.2) is 21.3 Å². The van der Waals surface area contributed by atoms with Gasteiger partial charge >= 0.3 is 6.09 Å². The fourth-order valence-corrected chi connectivity index (χ4v) is 9.18. The van der Waals surface area contributed by atoms with E-state index in [0.717, 1.165) is 12.0 Å². The molecule has 1 amide bonds. The Morgan fingerprint density at radius 3 is 1.87 bits per heavy atom. The van der Waals surface area contributed by atoms with E-state index in [1.807, 2.05) is 35.2 Å². The SMILES string of the molecule is Cc1nc(C(=O)c2ccc3nn(C)cc3c2Cl)c(Cl)nc1Cl.Cc1nc(C(=O)c2ccc3nn(C)cc3c2Cl)c(Cl)nc1N1[C@H]2CC[C@@H]1[C@@H](F)[C@@H](NC(=O)OCc1ccccc1)C2. The zero-order chi connectivity index (χ0) is 44.9. The lowest BCUT2D eigenvalue weighted by molar-refractivity contribution is 0.102. The van der Waals surface area contributed by atoms with Crippen LogP contribution in [0.4, 0.5) is 15.0 Å². The van der Waals surface area contributed by atoms with Gasteiger partial charge in [-0.3, -0.25) is 19.0 Å². The number of ketones is 2. The summed E-state index contributed by atoms with van der Waals surface area (Å²) in [5, 5.41) is 13.2. The van der Waals surface area contributed by atoms with Crippen LogP contribution in [-0.2, 0) is 25.4 Å². The van der Waals surface area contributed by atoms with Gasteiger partial charge < -0.3 is 15.0 Å². The fourth-order valence-electron chi connectivity index (χ4n) is 8.00. The highest BCUT2D eigenvalue weighted by Gasteiger charge is 2.49. The topological polar surface area (TPSA) is 163 Å². The Morgan fingerprint density at radius 2 is 1.29 bits per heavy atom. The highest BCUT2D eigenvalue weighted by molar-refractivity contribution is 6.41. The van der Waals surface area contributed by atoms with Crippen LogP contribution in [0.2, 0.25) is 25.5 Å². The number of ether oxygens (including phenoxy) is 1. The van der Waals surface area contributed by atoms with Crippen molar-refractivity contribution in [1.82, 2.24) is 44.8 Å². The number of carbonyl (C=O) groups excluding carboxylic acids is 3. The number of halogens is 6. The van der Waals surface area contributed by atoms with Gasteiger partial charge in [-0.1, -0.05) is 88.3 Å². The minimum Gasteiger partial charge on any atom is -0.445 e. The molecule has 14 nitrogen and oxygen atoms in total. The number of anilines is 1. The van der Waals surface area contributed by atoms with Crippen molar-refractivity contribution in [3.05, 3.63) is 132 Å². The van der Waals surface area contributed by atoms with Crippen LogP contribution in [-0.4, -0.2) is 81.5 Å². The molecule has 0 aliphatic carbocycles. The molecule has 0 radical (unpaired) electrons.